The van der Waals surface area contributed by atoms with Crippen LogP contribution in [0.15, 0.2) is 47.3 Å². The number of nitrogens with one attached hydrogen (secondary N) is 1. The van der Waals surface area contributed by atoms with E-state index in [1.807, 2.05) is 24.3 Å². The molecule has 0 atom stereocenters. The zero-order chi connectivity index (χ0) is 16.2. The van der Waals surface area contributed by atoms with Gasteiger partial charge < -0.3 is 14.6 Å². The van der Waals surface area contributed by atoms with Crippen LogP contribution in [0, 0.1) is 3.57 Å². The molecular formula is C17H17IN2O3. The van der Waals surface area contributed by atoms with E-state index in [1.54, 1.807) is 11.0 Å². The highest BCUT2D eigenvalue weighted by Gasteiger charge is 2.25. The zero-order valence-electron chi connectivity index (χ0n) is 12.5. The molecule has 120 valence electrons. The van der Waals surface area contributed by atoms with E-state index >= 15 is 0 Å². The Labute approximate surface area is 148 Å². The highest BCUT2D eigenvalue weighted by molar-refractivity contribution is 14.1. The molecule has 1 N–H and O–H groups in total. The number of amides is 2. The molecule has 5 nitrogen and oxygen atoms in total. The molecule has 23 heavy (non-hydrogen) atoms. The third kappa shape index (κ3) is 3.74. The van der Waals surface area contributed by atoms with Gasteiger partial charge in [0.1, 0.15) is 6.26 Å². The van der Waals surface area contributed by atoms with Crippen LogP contribution in [0.2, 0.25) is 0 Å². The second-order valence-corrected chi connectivity index (χ2v) is 6.69. The van der Waals surface area contributed by atoms with E-state index in [2.05, 4.69) is 27.9 Å². The summed E-state index contributed by atoms with van der Waals surface area (Å²) in [5.41, 5.74) is 1.27. The van der Waals surface area contributed by atoms with Gasteiger partial charge in [-0.05, 0) is 53.6 Å². The SMILES string of the molecule is O=C(NC1CCN(C(=O)c2ccoc2)CC1)c1ccccc1I. The Morgan fingerprint density at radius 3 is 2.57 bits per heavy atom. The molecule has 0 spiro atoms. The Morgan fingerprint density at radius 1 is 1.17 bits per heavy atom. The molecule has 0 unspecified atom stereocenters. The summed E-state index contributed by atoms with van der Waals surface area (Å²) in [7, 11) is 0. The largest absolute Gasteiger partial charge is 0.472 e. The monoisotopic (exact) mass is 424 g/mol. The molecule has 1 aromatic carbocycles. The Morgan fingerprint density at radius 2 is 1.91 bits per heavy atom. The van der Waals surface area contributed by atoms with Crippen LogP contribution >= 0.6 is 22.6 Å². The summed E-state index contributed by atoms with van der Waals surface area (Å²) in [6.07, 6.45) is 4.49. The number of likely N-dealkylation sites (tertiary alicyclic amines) is 1. The molecule has 0 radical (unpaired) electrons. The molecule has 1 fully saturated rings. The van der Waals surface area contributed by atoms with E-state index in [-0.39, 0.29) is 17.9 Å². The predicted octanol–water partition coefficient (Wildman–Crippen LogP) is 2.92. The molecule has 0 saturated carbocycles. The quantitative estimate of drug-likeness (QED) is 0.771. The van der Waals surface area contributed by atoms with Crippen molar-refractivity contribution in [3.05, 3.63) is 57.6 Å². The zero-order valence-corrected chi connectivity index (χ0v) is 14.7. The number of hydrogen-bond donors (Lipinski definition) is 1. The van der Waals surface area contributed by atoms with Crippen molar-refractivity contribution < 1.29 is 14.0 Å². The van der Waals surface area contributed by atoms with Crippen molar-refractivity contribution in [3.8, 4) is 0 Å². The molecule has 1 aromatic heterocycles. The Bertz CT molecular complexity index is 692. The number of piperidine rings is 1. The second-order valence-electron chi connectivity index (χ2n) is 5.53. The molecule has 1 aliphatic rings. The smallest absolute Gasteiger partial charge is 0.257 e. The Hall–Kier alpha value is -1.83. The van der Waals surface area contributed by atoms with Crippen molar-refractivity contribution in [2.75, 3.05) is 13.1 Å². The van der Waals surface area contributed by atoms with Gasteiger partial charge in [-0.3, -0.25) is 9.59 Å². The number of carbonyl (C=O) groups excluding carboxylic acids is 2. The summed E-state index contributed by atoms with van der Waals surface area (Å²) in [5.74, 6) is -0.0595. The first-order chi connectivity index (χ1) is 11.1. The first-order valence-corrected chi connectivity index (χ1v) is 8.60. The van der Waals surface area contributed by atoms with E-state index in [1.165, 1.54) is 12.5 Å². The summed E-state index contributed by atoms with van der Waals surface area (Å²) < 4.78 is 5.90. The van der Waals surface area contributed by atoms with Crippen molar-refractivity contribution in [3.63, 3.8) is 0 Å². The predicted molar refractivity (Wildman–Crippen MR) is 94.3 cm³/mol. The van der Waals surface area contributed by atoms with Crippen LogP contribution in [0.3, 0.4) is 0 Å². The van der Waals surface area contributed by atoms with Gasteiger partial charge in [0.05, 0.1) is 17.4 Å². The van der Waals surface area contributed by atoms with Crippen LogP contribution in [0.1, 0.15) is 33.6 Å². The highest BCUT2D eigenvalue weighted by atomic mass is 127. The van der Waals surface area contributed by atoms with Gasteiger partial charge in [-0.25, -0.2) is 0 Å². The fourth-order valence-corrected chi connectivity index (χ4v) is 3.34. The van der Waals surface area contributed by atoms with Gasteiger partial charge in [-0.1, -0.05) is 12.1 Å². The van der Waals surface area contributed by atoms with Crippen molar-refractivity contribution in [2.45, 2.75) is 18.9 Å². The highest BCUT2D eigenvalue weighted by Crippen LogP contribution is 2.16. The molecule has 0 bridgehead atoms. The molecule has 1 saturated heterocycles. The average Bonchev–Trinajstić information content (AvgIpc) is 3.09. The van der Waals surface area contributed by atoms with E-state index in [9.17, 15) is 9.59 Å². The van der Waals surface area contributed by atoms with E-state index in [0.717, 1.165) is 16.4 Å². The minimum atomic E-state index is -0.0467. The van der Waals surface area contributed by atoms with Gasteiger partial charge in [0.15, 0.2) is 0 Å². The average molecular weight is 424 g/mol. The fraction of sp³-hybridized carbons (Fsp3) is 0.294. The van der Waals surface area contributed by atoms with Crippen LogP contribution < -0.4 is 5.32 Å². The van der Waals surface area contributed by atoms with Gasteiger partial charge in [0, 0.05) is 22.7 Å². The van der Waals surface area contributed by atoms with Gasteiger partial charge in [0.2, 0.25) is 0 Å². The number of furan rings is 1. The minimum absolute atomic E-state index is 0.0128. The molecule has 1 aliphatic heterocycles. The Balaban J connectivity index is 1.54. The first kappa shape index (κ1) is 16.0. The third-order valence-corrected chi connectivity index (χ3v) is 4.94. The normalized spacial score (nSPS) is 15.4. The van der Waals surface area contributed by atoms with E-state index in [4.69, 9.17) is 4.42 Å². The number of carbonyl (C=O) groups is 2. The number of hydrogen-bond acceptors (Lipinski definition) is 3. The minimum Gasteiger partial charge on any atom is -0.472 e. The van der Waals surface area contributed by atoms with Crippen LogP contribution in [0.25, 0.3) is 0 Å². The topological polar surface area (TPSA) is 62.6 Å². The summed E-state index contributed by atoms with van der Waals surface area (Å²) in [6, 6.07) is 9.30. The van der Waals surface area contributed by atoms with Crippen LogP contribution in [0.5, 0.6) is 0 Å². The molecule has 0 aliphatic carbocycles. The van der Waals surface area contributed by atoms with Crippen molar-refractivity contribution in [2.24, 2.45) is 0 Å². The number of rotatable bonds is 3. The maximum Gasteiger partial charge on any atom is 0.257 e. The number of benzene rings is 1. The summed E-state index contributed by atoms with van der Waals surface area (Å²) >= 11 is 2.16. The lowest BCUT2D eigenvalue weighted by Crippen LogP contribution is -2.46. The summed E-state index contributed by atoms with van der Waals surface area (Å²) in [6.45, 7) is 1.28. The maximum atomic E-state index is 12.3. The number of halogens is 1. The molecule has 6 heteroatoms. The first-order valence-electron chi connectivity index (χ1n) is 7.52. The standard InChI is InChI=1S/C17H17IN2O3/c18-15-4-2-1-3-14(15)16(21)19-13-5-8-20(9-6-13)17(22)12-7-10-23-11-12/h1-4,7,10-11,13H,5-6,8-9H2,(H,19,21). The van der Waals surface area contributed by atoms with E-state index in [0.29, 0.717) is 24.2 Å². The lowest BCUT2D eigenvalue weighted by Gasteiger charge is -2.32. The lowest BCUT2D eigenvalue weighted by molar-refractivity contribution is 0.0697. The van der Waals surface area contributed by atoms with Crippen LogP contribution in [-0.4, -0.2) is 35.8 Å². The molecule has 2 amide bonds. The van der Waals surface area contributed by atoms with Crippen LogP contribution in [0.4, 0.5) is 0 Å². The van der Waals surface area contributed by atoms with Gasteiger partial charge >= 0.3 is 0 Å². The van der Waals surface area contributed by atoms with Crippen molar-refractivity contribution >= 4 is 34.4 Å². The third-order valence-electron chi connectivity index (χ3n) is 4.00. The molecule has 2 aromatic rings. The number of nitrogens with zero attached hydrogens (tertiary/aromatic N) is 1. The van der Waals surface area contributed by atoms with E-state index < -0.39 is 0 Å². The maximum absolute atomic E-state index is 12.3. The summed E-state index contributed by atoms with van der Waals surface area (Å²) in [4.78, 5) is 26.4. The molecule has 2 heterocycles. The lowest BCUT2D eigenvalue weighted by atomic mass is 10.0. The van der Waals surface area contributed by atoms with Crippen molar-refractivity contribution in [1.29, 1.82) is 0 Å². The van der Waals surface area contributed by atoms with Crippen LogP contribution in [-0.2, 0) is 0 Å². The van der Waals surface area contributed by atoms with Gasteiger partial charge in [0.25, 0.3) is 11.8 Å². The van der Waals surface area contributed by atoms with Gasteiger partial charge in [-0.15, -0.1) is 0 Å². The fourth-order valence-electron chi connectivity index (χ4n) is 2.70. The van der Waals surface area contributed by atoms with Gasteiger partial charge in [-0.2, -0.15) is 0 Å². The molecule has 3 rings (SSSR count). The molecular weight excluding hydrogens is 407 g/mol. The Kier molecular flexibility index (Phi) is 5.00. The summed E-state index contributed by atoms with van der Waals surface area (Å²) in [5, 5.41) is 3.07. The second kappa shape index (κ2) is 7.16. The van der Waals surface area contributed by atoms with Crippen molar-refractivity contribution in [1.82, 2.24) is 10.2 Å².